The lowest BCUT2D eigenvalue weighted by molar-refractivity contribution is 1.13. The molecule has 31 rings (SSSR count). The zero-order valence-electron chi connectivity index (χ0n) is 71.6. The van der Waals surface area contributed by atoms with Crippen molar-refractivity contribution in [2.45, 2.75) is 0 Å². The van der Waals surface area contributed by atoms with Gasteiger partial charge in [-0.25, -0.2) is 0 Å². The SMILES string of the molecule is c1cc(-n2c3ccccc3c3ccccc32)cc(-n2c3cccc4c3c3c5c(cccc5ccc32)-c2ccccc2-4)c1.c1ccc(-n2c3ccccc3c3ccc(-c4cccc(-n5c6cccc7c6c6c8c(cccc8ccc65)-c5ccccc5-7)c4)cc32)cc1.c1ccc(-n2c3ccccc3c3ccc(-n4c5cccc6c5c5c7c(cccc7ccc54)-c4ccccc4-6)cc32)cc1. The molecule has 6 heterocycles. The van der Waals surface area contributed by atoms with Crippen molar-refractivity contribution in [2.24, 2.45) is 0 Å². The molecule has 22 aromatic carbocycles. The zero-order chi connectivity index (χ0) is 86.1. The van der Waals surface area contributed by atoms with Gasteiger partial charge in [0.25, 0.3) is 0 Å². The smallest absolute Gasteiger partial charge is 0.0561 e. The van der Waals surface area contributed by atoms with Gasteiger partial charge in [0.15, 0.2) is 0 Å². The first-order chi connectivity index (χ1) is 65.6. The summed E-state index contributed by atoms with van der Waals surface area (Å²) in [5, 5.41) is 23.5. The molecule has 28 aromatic rings. The minimum Gasteiger partial charge on any atom is -0.309 e. The molecule has 0 saturated carbocycles. The molecule has 0 unspecified atom stereocenters. The Labute approximate surface area is 758 Å². The number of aromatic nitrogens is 6. The van der Waals surface area contributed by atoms with E-state index < -0.39 is 0 Å². The van der Waals surface area contributed by atoms with Gasteiger partial charge in [-0.05, 0) is 244 Å². The molecule has 0 bridgehead atoms. The summed E-state index contributed by atoms with van der Waals surface area (Å²) >= 11 is 0. The van der Waals surface area contributed by atoms with E-state index in [4.69, 9.17) is 0 Å². The number of para-hydroxylation sites is 6. The molecule has 610 valence electrons. The average Bonchev–Trinajstić information content (AvgIpc) is 1.54. The minimum absolute atomic E-state index is 1.16. The molecular weight excluding hydrogens is 1600 g/mol. The second-order valence-electron chi connectivity index (χ2n) is 35.6. The normalized spacial score (nSPS) is 12.2. The molecule has 6 aromatic heterocycles. The summed E-state index contributed by atoms with van der Waals surface area (Å²) in [6.45, 7) is 0. The maximum absolute atomic E-state index is 2.48. The summed E-state index contributed by atoms with van der Waals surface area (Å²) in [4.78, 5) is 0. The van der Waals surface area contributed by atoms with Gasteiger partial charge >= 0.3 is 0 Å². The van der Waals surface area contributed by atoms with E-state index in [-0.39, 0.29) is 0 Å². The number of nitrogens with zero attached hydrogens (tertiary/aromatic N) is 6. The van der Waals surface area contributed by atoms with Crippen molar-refractivity contribution in [2.75, 3.05) is 0 Å². The summed E-state index contributed by atoms with van der Waals surface area (Å²) in [6.07, 6.45) is 0. The highest BCUT2D eigenvalue weighted by Gasteiger charge is 2.31. The molecule has 0 radical (unpaired) electrons. The molecule has 132 heavy (non-hydrogen) atoms. The number of rotatable bonds is 7. The molecule has 3 aliphatic rings. The minimum atomic E-state index is 1.16. The third-order valence-corrected chi connectivity index (χ3v) is 28.9. The highest BCUT2D eigenvalue weighted by molar-refractivity contribution is 6.34. The molecule has 0 N–H and O–H groups in total. The van der Waals surface area contributed by atoms with E-state index in [0.29, 0.717) is 0 Å². The van der Waals surface area contributed by atoms with Crippen LogP contribution in [0.25, 0.3) is 275 Å². The van der Waals surface area contributed by atoms with Crippen molar-refractivity contribution in [3.8, 4) is 112 Å². The van der Waals surface area contributed by atoms with Crippen LogP contribution < -0.4 is 0 Å². The third kappa shape index (κ3) is 10.3. The number of hydrogen-bond donors (Lipinski definition) is 0. The first kappa shape index (κ1) is 72.6. The molecule has 3 aliphatic carbocycles. The lowest BCUT2D eigenvalue weighted by atomic mass is 9.93. The second kappa shape index (κ2) is 28.0. The van der Waals surface area contributed by atoms with E-state index >= 15 is 0 Å². The average molecular weight is 1670 g/mol. The van der Waals surface area contributed by atoms with Gasteiger partial charge in [-0.3, -0.25) is 0 Å². The Hall–Kier alpha value is -17.6. The Morgan fingerprint density at radius 1 is 0.106 bits per heavy atom. The van der Waals surface area contributed by atoms with Crippen LogP contribution in [-0.2, 0) is 0 Å². The van der Waals surface area contributed by atoms with Crippen molar-refractivity contribution in [1.29, 1.82) is 0 Å². The number of benzene rings is 22. The summed E-state index contributed by atoms with van der Waals surface area (Å²) in [5.41, 5.74) is 39.8. The monoisotopic (exact) mass is 1670 g/mol. The standard InChI is InChI=1S/C46H28N2.2C40H24N2/c1-2-13-32(14-3-1)47-40-21-7-6-18-36(40)37-25-23-31(28-43(37)47)30-12-8-15-33(27-30)48-41-22-10-20-39-35-17-5-4-16-34(35)38-19-9-11-29-24-26-42(48)46(44(29)38)45(39)41;1-2-14-29-28(13-1)32-17-7-10-25-22-23-37-40(38(25)32)39-33(29)18-9-21-36(39)42(37)27-12-8-11-26(24-27)41-34-19-5-3-15-30(34)31-16-4-6-20-35(31)41;1-2-11-26(12-3-1)41-34-18-7-6-15-30(34)31-22-21-27(24-37(31)41)42-35-19-9-17-33-29-14-5-4-13-28(29)32-16-8-10-25-20-23-36(42)40(38(25)32)39(33)35/h1-28H;2*1-24H. The van der Waals surface area contributed by atoms with Crippen LogP contribution in [0.5, 0.6) is 0 Å². The van der Waals surface area contributed by atoms with E-state index in [1.54, 1.807) is 0 Å². The highest BCUT2D eigenvalue weighted by atomic mass is 15.0. The zero-order valence-corrected chi connectivity index (χ0v) is 71.6. The molecular formula is C126H76N6. The van der Waals surface area contributed by atoms with Crippen molar-refractivity contribution >= 4 is 163 Å². The van der Waals surface area contributed by atoms with Crippen LogP contribution in [0.3, 0.4) is 0 Å². The second-order valence-corrected chi connectivity index (χ2v) is 35.6. The Balaban J connectivity index is 0.0000000973. The van der Waals surface area contributed by atoms with Crippen LogP contribution in [0.4, 0.5) is 0 Å². The summed E-state index contributed by atoms with van der Waals surface area (Å²) in [7, 11) is 0. The van der Waals surface area contributed by atoms with Crippen molar-refractivity contribution in [3.05, 3.63) is 461 Å². The predicted octanol–water partition coefficient (Wildman–Crippen LogP) is 33.7. The van der Waals surface area contributed by atoms with Gasteiger partial charge in [0.05, 0.1) is 66.2 Å². The van der Waals surface area contributed by atoms with Gasteiger partial charge in [-0.1, -0.05) is 328 Å². The van der Waals surface area contributed by atoms with Crippen LogP contribution in [0.2, 0.25) is 0 Å². The molecule has 0 saturated heterocycles. The molecule has 6 heteroatoms. The van der Waals surface area contributed by atoms with E-state index in [0.717, 1.165) is 11.4 Å². The van der Waals surface area contributed by atoms with Crippen LogP contribution in [0.1, 0.15) is 0 Å². The molecule has 0 aliphatic heterocycles. The largest absolute Gasteiger partial charge is 0.309 e. The maximum atomic E-state index is 2.48. The molecule has 0 atom stereocenters. The van der Waals surface area contributed by atoms with E-state index in [1.807, 2.05) is 0 Å². The van der Waals surface area contributed by atoms with Gasteiger partial charge in [0.2, 0.25) is 0 Å². The van der Waals surface area contributed by atoms with Crippen molar-refractivity contribution in [1.82, 2.24) is 27.4 Å². The quantitative estimate of drug-likeness (QED) is 0.152. The predicted molar refractivity (Wildman–Crippen MR) is 557 cm³/mol. The fourth-order valence-corrected chi connectivity index (χ4v) is 23.6. The lowest BCUT2D eigenvalue weighted by Crippen LogP contribution is -1.98. The molecule has 0 spiro atoms. The molecule has 0 fully saturated rings. The Morgan fingerprint density at radius 2 is 0.348 bits per heavy atom. The number of fused-ring (bicyclic) bond motifs is 18. The van der Waals surface area contributed by atoms with Crippen LogP contribution in [-0.4, -0.2) is 27.4 Å². The molecule has 0 amide bonds. The number of hydrogen-bond acceptors (Lipinski definition) is 0. The van der Waals surface area contributed by atoms with Crippen LogP contribution in [0, 0.1) is 0 Å². The van der Waals surface area contributed by atoms with E-state index in [2.05, 4.69) is 488 Å². The van der Waals surface area contributed by atoms with Gasteiger partial charge < -0.3 is 27.4 Å². The Bertz CT molecular complexity index is 9810. The Kier molecular flexibility index (Phi) is 15.4. The topological polar surface area (TPSA) is 29.6 Å². The van der Waals surface area contributed by atoms with Gasteiger partial charge in [-0.15, -0.1) is 0 Å². The van der Waals surface area contributed by atoms with Crippen LogP contribution >= 0.6 is 0 Å². The fourth-order valence-electron chi connectivity index (χ4n) is 23.6. The van der Waals surface area contributed by atoms with E-state index in [9.17, 15) is 0 Å². The highest BCUT2D eigenvalue weighted by Crippen LogP contribution is 2.55. The van der Waals surface area contributed by atoms with Gasteiger partial charge in [0.1, 0.15) is 0 Å². The van der Waals surface area contributed by atoms with Gasteiger partial charge in [-0.2, -0.15) is 0 Å². The first-order valence-corrected chi connectivity index (χ1v) is 45.7. The van der Waals surface area contributed by atoms with E-state index in [1.165, 1.54) is 264 Å². The van der Waals surface area contributed by atoms with Crippen molar-refractivity contribution in [3.63, 3.8) is 0 Å². The maximum Gasteiger partial charge on any atom is 0.0561 e. The lowest BCUT2D eigenvalue weighted by Gasteiger charge is -2.15. The van der Waals surface area contributed by atoms with Crippen molar-refractivity contribution < 1.29 is 0 Å². The molecule has 6 nitrogen and oxygen atoms in total. The van der Waals surface area contributed by atoms with Gasteiger partial charge in [0, 0.05) is 98.8 Å². The Morgan fingerprint density at radius 3 is 0.735 bits per heavy atom. The summed E-state index contributed by atoms with van der Waals surface area (Å²) < 4.78 is 14.6. The summed E-state index contributed by atoms with van der Waals surface area (Å²) in [5.74, 6) is 0. The first-order valence-electron chi connectivity index (χ1n) is 45.7. The third-order valence-electron chi connectivity index (χ3n) is 28.9. The van der Waals surface area contributed by atoms with Crippen LogP contribution in [0.15, 0.2) is 461 Å². The fraction of sp³-hybridized carbons (Fsp3) is 0. The summed E-state index contributed by atoms with van der Waals surface area (Å²) in [6, 6.07) is 169.